The lowest BCUT2D eigenvalue weighted by Crippen LogP contribution is -2.26. The molecule has 0 saturated carbocycles. The normalized spacial score (nSPS) is 11.9. The van der Waals surface area contributed by atoms with E-state index >= 15 is 0 Å². The van der Waals surface area contributed by atoms with Crippen LogP contribution in [0.1, 0.15) is 32.3 Å². The zero-order chi connectivity index (χ0) is 14.3. The fourth-order valence-electron chi connectivity index (χ4n) is 2.05. The Bertz CT molecular complexity index is 360. The summed E-state index contributed by atoms with van der Waals surface area (Å²) in [6.45, 7) is 7.31. The Balaban J connectivity index is 2.32. The Morgan fingerprint density at radius 2 is 1.84 bits per heavy atom. The summed E-state index contributed by atoms with van der Waals surface area (Å²) in [5.41, 5.74) is 7.33. The Labute approximate surface area is 117 Å². The maximum atomic E-state index is 5.75. The highest BCUT2D eigenvalue weighted by atomic mass is 16.5. The van der Waals surface area contributed by atoms with Crippen LogP contribution in [0.5, 0.6) is 5.75 Å². The first-order valence-electron chi connectivity index (χ1n) is 6.98. The number of benzene rings is 1. The minimum atomic E-state index is 0.265. The first kappa shape index (κ1) is 16.0. The molecule has 0 aliphatic heterocycles. The van der Waals surface area contributed by atoms with E-state index in [0.717, 1.165) is 25.4 Å². The number of hydrogen-bond acceptors (Lipinski definition) is 3. The molecule has 0 fully saturated rings. The molecule has 0 aliphatic rings. The smallest absolute Gasteiger partial charge is 0.118 e. The molecule has 0 aromatic heterocycles. The van der Waals surface area contributed by atoms with Gasteiger partial charge >= 0.3 is 0 Å². The highest BCUT2D eigenvalue weighted by Gasteiger charge is 2.14. The van der Waals surface area contributed by atoms with Gasteiger partial charge in [-0.25, -0.2) is 0 Å². The molecule has 0 saturated heterocycles. The van der Waals surface area contributed by atoms with E-state index in [9.17, 15) is 0 Å². The molecular weight excluding hydrogens is 236 g/mol. The van der Waals surface area contributed by atoms with Crippen molar-refractivity contribution in [3.8, 4) is 5.75 Å². The van der Waals surface area contributed by atoms with Crippen molar-refractivity contribution >= 4 is 0 Å². The van der Waals surface area contributed by atoms with Crippen molar-refractivity contribution in [2.75, 3.05) is 27.2 Å². The van der Waals surface area contributed by atoms with Crippen molar-refractivity contribution in [2.24, 2.45) is 11.1 Å². The molecule has 1 aromatic carbocycles. The highest BCUT2D eigenvalue weighted by molar-refractivity contribution is 5.26. The van der Waals surface area contributed by atoms with E-state index in [-0.39, 0.29) is 5.41 Å². The zero-order valence-corrected chi connectivity index (χ0v) is 12.8. The molecule has 19 heavy (non-hydrogen) atoms. The van der Waals surface area contributed by atoms with Crippen LogP contribution < -0.4 is 10.5 Å². The van der Waals surface area contributed by atoms with Crippen molar-refractivity contribution in [2.45, 2.75) is 33.2 Å². The minimum absolute atomic E-state index is 0.265. The molecule has 1 rings (SSSR count). The van der Waals surface area contributed by atoms with Gasteiger partial charge in [-0.2, -0.15) is 0 Å². The summed E-state index contributed by atoms with van der Waals surface area (Å²) in [5, 5.41) is 0. The van der Waals surface area contributed by atoms with E-state index in [4.69, 9.17) is 10.5 Å². The van der Waals surface area contributed by atoms with Crippen LogP contribution in [0.15, 0.2) is 24.3 Å². The lowest BCUT2D eigenvalue weighted by Gasteiger charge is -2.24. The summed E-state index contributed by atoms with van der Waals surface area (Å²) in [7, 11) is 3.86. The largest absolute Gasteiger partial charge is 0.497 e. The summed E-state index contributed by atoms with van der Waals surface area (Å²) in [4.78, 5) is 2.36. The summed E-state index contributed by atoms with van der Waals surface area (Å²) in [6, 6.07) is 8.28. The van der Waals surface area contributed by atoms with Crippen LogP contribution in [0.25, 0.3) is 0 Å². The summed E-state index contributed by atoms with van der Waals surface area (Å²) >= 11 is 0. The number of methoxy groups -OCH3 is 1. The second-order valence-electron chi connectivity index (χ2n) is 6.06. The van der Waals surface area contributed by atoms with Gasteiger partial charge in [0.15, 0.2) is 0 Å². The van der Waals surface area contributed by atoms with Crippen LogP contribution in [-0.4, -0.2) is 32.1 Å². The highest BCUT2D eigenvalue weighted by Crippen LogP contribution is 2.20. The predicted octanol–water partition coefficient (Wildman–Crippen LogP) is 2.89. The van der Waals surface area contributed by atoms with Gasteiger partial charge in [0.2, 0.25) is 0 Å². The van der Waals surface area contributed by atoms with Crippen molar-refractivity contribution in [1.82, 2.24) is 4.90 Å². The lowest BCUT2D eigenvalue weighted by molar-refractivity contribution is 0.273. The Hall–Kier alpha value is -1.06. The molecule has 108 valence electrons. The maximum absolute atomic E-state index is 5.75. The maximum Gasteiger partial charge on any atom is 0.118 e. The molecule has 0 atom stereocenters. The number of rotatable bonds is 8. The number of nitrogens with two attached hydrogens (primary N) is 1. The second kappa shape index (κ2) is 7.51. The molecule has 0 unspecified atom stereocenters. The van der Waals surface area contributed by atoms with E-state index in [1.165, 1.54) is 18.4 Å². The van der Waals surface area contributed by atoms with Crippen LogP contribution in [0.2, 0.25) is 0 Å². The van der Waals surface area contributed by atoms with Gasteiger partial charge in [-0.1, -0.05) is 26.0 Å². The van der Waals surface area contributed by atoms with E-state index in [1.54, 1.807) is 7.11 Å². The molecule has 0 radical (unpaired) electrons. The standard InChI is InChI=1S/C16H28N2O/c1-16(2,13-17)10-5-11-18(3)12-14-6-8-15(19-4)9-7-14/h6-9H,5,10-13,17H2,1-4H3. The van der Waals surface area contributed by atoms with E-state index < -0.39 is 0 Å². The number of nitrogens with zero attached hydrogens (tertiary/aromatic N) is 1. The zero-order valence-electron chi connectivity index (χ0n) is 12.8. The first-order valence-corrected chi connectivity index (χ1v) is 6.98. The van der Waals surface area contributed by atoms with Gasteiger partial charge in [0, 0.05) is 6.54 Å². The van der Waals surface area contributed by atoms with Gasteiger partial charge in [0.1, 0.15) is 5.75 Å². The van der Waals surface area contributed by atoms with Gasteiger partial charge in [-0.05, 0) is 56.1 Å². The van der Waals surface area contributed by atoms with E-state index in [0.29, 0.717) is 0 Å². The van der Waals surface area contributed by atoms with Gasteiger partial charge in [0.25, 0.3) is 0 Å². The molecule has 0 bridgehead atoms. The molecular formula is C16H28N2O. The van der Waals surface area contributed by atoms with Crippen molar-refractivity contribution in [3.05, 3.63) is 29.8 Å². The average Bonchev–Trinajstić information content (AvgIpc) is 2.39. The fraction of sp³-hybridized carbons (Fsp3) is 0.625. The summed E-state index contributed by atoms with van der Waals surface area (Å²) in [6.07, 6.45) is 2.37. The Kier molecular flexibility index (Phi) is 6.32. The van der Waals surface area contributed by atoms with Crippen LogP contribution in [0, 0.1) is 5.41 Å². The molecule has 3 nitrogen and oxygen atoms in total. The molecule has 2 N–H and O–H groups in total. The van der Waals surface area contributed by atoms with Gasteiger partial charge in [-0.3, -0.25) is 0 Å². The monoisotopic (exact) mass is 264 g/mol. The topological polar surface area (TPSA) is 38.5 Å². The SMILES string of the molecule is COc1ccc(CN(C)CCCC(C)(C)CN)cc1. The fourth-order valence-corrected chi connectivity index (χ4v) is 2.05. The van der Waals surface area contributed by atoms with E-state index in [2.05, 4.69) is 37.9 Å². The molecule has 1 aromatic rings. The molecule has 0 amide bonds. The Morgan fingerprint density at radius 3 is 2.37 bits per heavy atom. The molecule has 0 heterocycles. The third kappa shape index (κ3) is 6.08. The Morgan fingerprint density at radius 1 is 1.21 bits per heavy atom. The van der Waals surface area contributed by atoms with Gasteiger partial charge in [-0.15, -0.1) is 0 Å². The minimum Gasteiger partial charge on any atom is -0.497 e. The number of hydrogen-bond donors (Lipinski definition) is 1. The van der Waals surface area contributed by atoms with Crippen molar-refractivity contribution in [3.63, 3.8) is 0 Å². The lowest BCUT2D eigenvalue weighted by atomic mass is 9.88. The van der Waals surface area contributed by atoms with Gasteiger partial charge in [0.05, 0.1) is 7.11 Å². The third-order valence-corrected chi connectivity index (χ3v) is 3.56. The van der Waals surface area contributed by atoms with Crippen molar-refractivity contribution in [1.29, 1.82) is 0 Å². The third-order valence-electron chi connectivity index (χ3n) is 3.56. The molecule has 3 heteroatoms. The molecule has 0 aliphatic carbocycles. The molecule has 0 spiro atoms. The average molecular weight is 264 g/mol. The van der Waals surface area contributed by atoms with Crippen LogP contribution in [0.3, 0.4) is 0 Å². The predicted molar refractivity (Wildman–Crippen MR) is 81.4 cm³/mol. The van der Waals surface area contributed by atoms with Crippen LogP contribution in [0.4, 0.5) is 0 Å². The first-order chi connectivity index (χ1) is 8.96. The van der Waals surface area contributed by atoms with Gasteiger partial charge < -0.3 is 15.4 Å². The van der Waals surface area contributed by atoms with Crippen LogP contribution in [-0.2, 0) is 6.54 Å². The summed E-state index contributed by atoms with van der Waals surface area (Å²) in [5.74, 6) is 0.913. The van der Waals surface area contributed by atoms with Crippen LogP contribution >= 0.6 is 0 Å². The quantitative estimate of drug-likeness (QED) is 0.784. The number of ether oxygens (including phenoxy) is 1. The van der Waals surface area contributed by atoms with E-state index in [1.807, 2.05) is 12.1 Å². The van der Waals surface area contributed by atoms with Crippen molar-refractivity contribution < 1.29 is 4.74 Å². The summed E-state index contributed by atoms with van der Waals surface area (Å²) < 4.78 is 5.16. The second-order valence-corrected chi connectivity index (χ2v) is 6.06.